The predicted octanol–water partition coefficient (Wildman–Crippen LogP) is 0.0941. The van der Waals surface area contributed by atoms with E-state index < -0.39 is 5.92 Å². The fourth-order valence-corrected chi connectivity index (χ4v) is 1.78. The maximum absolute atomic E-state index is 11.9. The fraction of sp³-hybridized carbons (Fsp3) is 0.364. The van der Waals surface area contributed by atoms with Crippen molar-refractivity contribution in [2.24, 2.45) is 5.92 Å². The molecule has 80 valence electrons. The van der Waals surface area contributed by atoms with Crippen molar-refractivity contribution in [2.45, 2.75) is 6.42 Å². The quantitative estimate of drug-likeness (QED) is 0.396. The van der Waals surface area contributed by atoms with Gasteiger partial charge in [0, 0.05) is 31.5 Å². The van der Waals surface area contributed by atoms with Gasteiger partial charge in [0.2, 0.25) is 5.91 Å². The number of ketones is 1. The Balaban J connectivity index is 0.00000128. The second kappa shape index (κ2) is 5.29. The zero-order chi connectivity index (χ0) is 10.8. The Hall–Kier alpha value is -1.11. The molecule has 1 aromatic heterocycles. The number of rotatable bonds is 2. The normalized spacial score (nSPS) is 19.4. The minimum absolute atomic E-state index is 0. The van der Waals surface area contributed by atoms with Crippen molar-refractivity contribution >= 4 is 30.6 Å². The van der Waals surface area contributed by atoms with Crippen LogP contribution in [0.25, 0.3) is 0 Å². The molecule has 1 fully saturated rings. The summed E-state index contributed by atoms with van der Waals surface area (Å²) < 4.78 is 0. The van der Waals surface area contributed by atoms with Gasteiger partial charge < -0.3 is 4.90 Å². The summed E-state index contributed by atoms with van der Waals surface area (Å²) in [6.45, 7) is 0.662. The van der Waals surface area contributed by atoms with Crippen molar-refractivity contribution < 1.29 is 9.59 Å². The van der Waals surface area contributed by atoms with Crippen LogP contribution in [0.5, 0.6) is 0 Å². The van der Waals surface area contributed by atoms with Crippen LogP contribution in [-0.2, 0) is 4.79 Å². The number of amides is 1. The molecular formula is C11H13LiN2O2. The number of hydrogen-bond donors (Lipinski definition) is 0. The second-order valence-electron chi connectivity index (χ2n) is 3.71. The average Bonchev–Trinajstić information content (AvgIpc) is 2.60. The minimum atomic E-state index is -0.501. The number of nitrogens with zero attached hydrogens (tertiary/aromatic N) is 2. The summed E-state index contributed by atoms with van der Waals surface area (Å²) in [6, 6.07) is 3.40. The van der Waals surface area contributed by atoms with Gasteiger partial charge >= 0.3 is 18.9 Å². The molecule has 5 heteroatoms. The first-order valence-electron chi connectivity index (χ1n) is 4.89. The van der Waals surface area contributed by atoms with E-state index in [-0.39, 0.29) is 30.6 Å². The Morgan fingerprint density at radius 1 is 1.56 bits per heavy atom. The number of aromatic nitrogens is 1. The van der Waals surface area contributed by atoms with Crippen molar-refractivity contribution in [1.82, 2.24) is 9.88 Å². The van der Waals surface area contributed by atoms with Crippen molar-refractivity contribution in [3.63, 3.8) is 0 Å². The molecule has 1 aromatic rings. The van der Waals surface area contributed by atoms with Gasteiger partial charge in [-0.2, -0.15) is 0 Å². The van der Waals surface area contributed by atoms with Gasteiger partial charge in [-0.25, -0.2) is 0 Å². The Morgan fingerprint density at radius 3 is 2.81 bits per heavy atom. The van der Waals surface area contributed by atoms with Gasteiger partial charge in [-0.1, -0.05) is 0 Å². The Kier molecular flexibility index (Phi) is 4.28. The van der Waals surface area contributed by atoms with Gasteiger partial charge in [0.1, 0.15) is 5.92 Å². The number of Topliss-reactive ketones (excluding diaryl/α,β-unsaturated/α-hetero) is 1. The van der Waals surface area contributed by atoms with Gasteiger partial charge in [0.25, 0.3) is 0 Å². The van der Waals surface area contributed by atoms with Crippen LogP contribution < -0.4 is 0 Å². The summed E-state index contributed by atoms with van der Waals surface area (Å²) in [5, 5.41) is 0. The second-order valence-corrected chi connectivity index (χ2v) is 3.71. The van der Waals surface area contributed by atoms with E-state index >= 15 is 0 Å². The zero-order valence-electron chi connectivity index (χ0n) is 8.51. The summed E-state index contributed by atoms with van der Waals surface area (Å²) in [5.74, 6) is -0.694. The average molecular weight is 212 g/mol. The van der Waals surface area contributed by atoms with E-state index in [0.29, 0.717) is 18.5 Å². The van der Waals surface area contributed by atoms with Gasteiger partial charge in [-0.05, 0) is 18.6 Å². The molecule has 1 atom stereocenters. The van der Waals surface area contributed by atoms with Crippen molar-refractivity contribution in [2.75, 3.05) is 13.6 Å². The molecular weight excluding hydrogens is 199 g/mol. The Bertz CT molecular complexity index is 394. The molecule has 4 nitrogen and oxygen atoms in total. The van der Waals surface area contributed by atoms with Gasteiger partial charge in [-0.15, -0.1) is 0 Å². The van der Waals surface area contributed by atoms with Crippen LogP contribution >= 0.6 is 0 Å². The fourth-order valence-electron chi connectivity index (χ4n) is 1.78. The Labute approximate surface area is 106 Å². The molecule has 2 heterocycles. The number of carbonyl (C=O) groups excluding carboxylic acids is 2. The standard InChI is InChI=1S/C11H12N2O2.Li.H/c1-13-6-4-9(11(13)15)10(14)8-3-2-5-12-7-8;;/h2-3,5,7,9H,4,6H2,1H3;;. The monoisotopic (exact) mass is 212 g/mol. The van der Waals surface area contributed by atoms with Crippen LogP contribution in [0.2, 0.25) is 0 Å². The van der Waals surface area contributed by atoms with Crippen LogP contribution in [0.1, 0.15) is 16.8 Å². The van der Waals surface area contributed by atoms with E-state index in [1.165, 1.54) is 6.20 Å². The first kappa shape index (κ1) is 13.0. The molecule has 1 saturated heterocycles. The number of carbonyl (C=O) groups is 2. The molecule has 1 aliphatic heterocycles. The van der Waals surface area contributed by atoms with Crippen molar-refractivity contribution in [1.29, 1.82) is 0 Å². The predicted molar refractivity (Wildman–Crippen MR) is 61.5 cm³/mol. The number of hydrogen-bond acceptors (Lipinski definition) is 3. The third-order valence-corrected chi connectivity index (χ3v) is 2.69. The molecule has 16 heavy (non-hydrogen) atoms. The first-order chi connectivity index (χ1) is 7.20. The van der Waals surface area contributed by atoms with Gasteiger partial charge in [0.15, 0.2) is 5.78 Å². The molecule has 0 bridgehead atoms. The third kappa shape index (κ3) is 2.34. The SMILES string of the molecule is CN1CCC(C(=O)c2cccnc2)C1=O.[LiH]. The van der Waals surface area contributed by atoms with Gasteiger partial charge in [0.05, 0.1) is 0 Å². The van der Waals surface area contributed by atoms with Crippen LogP contribution in [0.15, 0.2) is 24.5 Å². The summed E-state index contributed by atoms with van der Waals surface area (Å²) in [5.41, 5.74) is 0.520. The molecule has 1 amide bonds. The van der Waals surface area contributed by atoms with Crippen LogP contribution in [0.3, 0.4) is 0 Å². The first-order valence-corrected chi connectivity index (χ1v) is 4.89. The number of pyridine rings is 1. The van der Waals surface area contributed by atoms with E-state index in [4.69, 9.17) is 0 Å². The summed E-state index contributed by atoms with van der Waals surface area (Å²) in [6.07, 6.45) is 3.73. The van der Waals surface area contributed by atoms with Crippen molar-refractivity contribution in [3.8, 4) is 0 Å². The molecule has 0 radical (unpaired) electrons. The van der Waals surface area contributed by atoms with E-state index in [1.54, 1.807) is 30.3 Å². The van der Waals surface area contributed by atoms with E-state index in [9.17, 15) is 9.59 Å². The maximum atomic E-state index is 11.9. The topological polar surface area (TPSA) is 50.3 Å². The van der Waals surface area contributed by atoms with Crippen LogP contribution in [0.4, 0.5) is 0 Å². The summed E-state index contributed by atoms with van der Waals surface area (Å²) in [7, 11) is 1.72. The molecule has 0 aromatic carbocycles. The molecule has 0 N–H and O–H groups in total. The summed E-state index contributed by atoms with van der Waals surface area (Å²) >= 11 is 0. The van der Waals surface area contributed by atoms with E-state index in [1.807, 2.05) is 0 Å². The molecule has 0 spiro atoms. The molecule has 0 aliphatic carbocycles. The zero-order valence-corrected chi connectivity index (χ0v) is 8.51. The van der Waals surface area contributed by atoms with Crippen LogP contribution in [-0.4, -0.2) is 54.0 Å². The third-order valence-electron chi connectivity index (χ3n) is 2.69. The Morgan fingerprint density at radius 2 is 2.31 bits per heavy atom. The van der Waals surface area contributed by atoms with E-state index in [2.05, 4.69) is 4.98 Å². The van der Waals surface area contributed by atoms with Crippen molar-refractivity contribution in [3.05, 3.63) is 30.1 Å². The molecule has 0 saturated carbocycles. The van der Waals surface area contributed by atoms with Gasteiger partial charge in [-0.3, -0.25) is 14.6 Å². The molecule has 2 rings (SSSR count). The molecule has 1 unspecified atom stereocenters. The number of likely N-dealkylation sites (tertiary alicyclic amines) is 1. The van der Waals surface area contributed by atoms with E-state index in [0.717, 1.165) is 0 Å². The van der Waals surface area contributed by atoms with Crippen LogP contribution in [0, 0.1) is 5.92 Å². The summed E-state index contributed by atoms with van der Waals surface area (Å²) in [4.78, 5) is 29.0. The molecule has 1 aliphatic rings.